The lowest BCUT2D eigenvalue weighted by molar-refractivity contribution is -0.146. The molecule has 0 saturated heterocycles. The summed E-state index contributed by atoms with van der Waals surface area (Å²) in [5.41, 5.74) is 0.177. The number of methoxy groups -OCH3 is 2. The van der Waals surface area contributed by atoms with E-state index in [2.05, 4.69) is 19.8 Å². The number of nitrogens with zero attached hydrogens (tertiary/aromatic N) is 1. The number of aromatic nitrogens is 1. The minimum atomic E-state index is -0.955. The number of pyridine rings is 1. The zero-order valence-corrected chi connectivity index (χ0v) is 12.2. The molecule has 0 spiro atoms. The highest BCUT2D eigenvalue weighted by atomic mass is 16.5. The number of carbonyl (C=O) groups excluding carboxylic acids is 3. The fraction of sp³-hybridized carbons (Fsp3) is 0.429. The summed E-state index contributed by atoms with van der Waals surface area (Å²) >= 11 is 0. The molecule has 0 radical (unpaired) electrons. The van der Waals surface area contributed by atoms with Gasteiger partial charge in [-0.15, -0.1) is 0 Å². The third kappa shape index (κ3) is 4.87. The third-order valence-corrected chi connectivity index (χ3v) is 2.92. The maximum atomic E-state index is 12.0. The van der Waals surface area contributed by atoms with Crippen molar-refractivity contribution in [2.45, 2.75) is 19.4 Å². The first-order valence-electron chi connectivity index (χ1n) is 6.36. The highest BCUT2D eigenvalue weighted by molar-refractivity contribution is 5.95. The summed E-state index contributed by atoms with van der Waals surface area (Å²) in [6, 6.07) is 3.90. The van der Waals surface area contributed by atoms with Crippen LogP contribution in [0.1, 0.15) is 23.8 Å². The van der Waals surface area contributed by atoms with Gasteiger partial charge in [0.2, 0.25) is 0 Å². The van der Waals surface area contributed by atoms with Crippen molar-refractivity contribution in [1.82, 2.24) is 10.3 Å². The number of amides is 1. The normalized spacial score (nSPS) is 12.9. The van der Waals surface area contributed by atoms with Crippen molar-refractivity contribution in [3.8, 4) is 0 Å². The average molecular weight is 294 g/mol. The van der Waals surface area contributed by atoms with E-state index in [0.29, 0.717) is 0 Å². The zero-order chi connectivity index (χ0) is 15.8. The molecule has 0 aliphatic carbocycles. The largest absolute Gasteiger partial charge is 0.469 e. The lowest BCUT2D eigenvalue weighted by Crippen LogP contribution is -2.46. The first kappa shape index (κ1) is 16.6. The minimum Gasteiger partial charge on any atom is -0.469 e. The third-order valence-electron chi connectivity index (χ3n) is 2.92. The standard InChI is InChI=1S/C14H18N2O5/c1-9(8-11(17)20-2)12(14(19)21-3)16-13(18)10-6-4-5-7-15-10/h4-7,9,12H,8H2,1-3H3,(H,16,18)/t9-,12+/m1/s1. The Labute approximate surface area is 122 Å². The van der Waals surface area contributed by atoms with Gasteiger partial charge in [0.15, 0.2) is 0 Å². The van der Waals surface area contributed by atoms with Crippen molar-refractivity contribution >= 4 is 17.8 Å². The number of hydrogen-bond acceptors (Lipinski definition) is 6. The Morgan fingerprint density at radius 1 is 1.24 bits per heavy atom. The van der Waals surface area contributed by atoms with E-state index in [1.165, 1.54) is 26.5 Å². The van der Waals surface area contributed by atoms with E-state index < -0.39 is 29.8 Å². The predicted molar refractivity (Wildman–Crippen MR) is 73.3 cm³/mol. The number of esters is 2. The van der Waals surface area contributed by atoms with Gasteiger partial charge in [0.05, 0.1) is 20.6 Å². The fourth-order valence-corrected chi connectivity index (χ4v) is 1.74. The van der Waals surface area contributed by atoms with Gasteiger partial charge in [0.1, 0.15) is 11.7 Å². The van der Waals surface area contributed by atoms with E-state index in [0.717, 1.165) is 0 Å². The van der Waals surface area contributed by atoms with E-state index in [9.17, 15) is 14.4 Å². The Morgan fingerprint density at radius 2 is 1.95 bits per heavy atom. The molecule has 1 aromatic rings. The summed E-state index contributed by atoms with van der Waals surface area (Å²) < 4.78 is 9.22. The molecule has 1 amide bonds. The van der Waals surface area contributed by atoms with Crippen LogP contribution in [0.4, 0.5) is 0 Å². The first-order chi connectivity index (χ1) is 9.99. The van der Waals surface area contributed by atoms with Crippen molar-refractivity contribution in [3.63, 3.8) is 0 Å². The number of nitrogens with one attached hydrogen (secondary N) is 1. The van der Waals surface area contributed by atoms with Crippen LogP contribution >= 0.6 is 0 Å². The average Bonchev–Trinajstić information content (AvgIpc) is 2.52. The second-order valence-electron chi connectivity index (χ2n) is 4.45. The Kier molecular flexibility index (Phi) is 6.32. The van der Waals surface area contributed by atoms with Gasteiger partial charge in [-0.05, 0) is 18.1 Å². The van der Waals surface area contributed by atoms with Crippen LogP contribution in [0.3, 0.4) is 0 Å². The molecule has 1 rings (SSSR count). The van der Waals surface area contributed by atoms with Crippen molar-refractivity contribution in [2.24, 2.45) is 5.92 Å². The molecular formula is C14H18N2O5. The molecule has 0 saturated carbocycles. The molecule has 21 heavy (non-hydrogen) atoms. The molecule has 0 bridgehead atoms. The van der Waals surface area contributed by atoms with Crippen LogP contribution in [0, 0.1) is 5.92 Å². The summed E-state index contributed by atoms with van der Waals surface area (Å²) in [7, 11) is 2.47. The highest BCUT2D eigenvalue weighted by Crippen LogP contribution is 2.11. The van der Waals surface area contributed by atoms with E-state index in [4.69, 9.17) is 0 Å². The Morgan fingerprint density at radius 3 is 2.48 bits per heavy atom. The smallest absolute Gasteiger partial charge is 0.328 e. The van der Waals surface area contributed by atoms with Gasteiger partial charge in [-0.25, -0.2) is 4.79 Å². The van der Waals surface area contributed by atoms with Gasteiger partial charge < -0.3 is 14.8 Å². The van der Waals surface area contributed by atoms with Crippen LogP contribution in [0.5, 0.6) is 0 Å². The molecule has 1 aromatic heterocycles. The topological polar surface area (TPSA) is 94.6 Å². The molecule has 2 atom stereocenters. The molecule has 114 valence electrons. The van der Waals surface area contributed by atoms with Gasteiger partial charge in [0, 0.05) is 6.20 Å². The maximum absolute atomic E-state index is 12.0. The van der Waals surface area contributed by atoms with Crippen LogP contribution in [0.2, 0.25) is 0 Å². The molecule has 1 heterocycles. The van der Waals surface area contributed by atoms with Gasteiger partial charge in [0.25, 0.3) is 5.91 Å². The van der Waals surface area contributed by atoms with Gasteiger partial charge in [-0.3, -0.25) is 14.6 Å². The lowest BCUT2D eigenvalue weighted by Gasteiger charge is -2.21. The fourth-order valence-electron chi connectivity index (χ4n) is 1.74. The van der Waals surface area contributed by atoms with Crippen LogP contribution in [0.25, 0.3) is 0 Å². The van der Waals surface area contributed by atoms with Crippen molar-refractivity contribution in [1.29, 1.82) is 0 Å². The van der Waals surface area contributed by atoms with Crippen molar-refractivity contribution in [2.75, 3.05) is 14.2 Å². The molecule has 0 aliphatic rings. The van der Waals surface area contributed by atoms with Gasteiger partial charge >= 0.3 is 11.9 Å². The Hall–Kier alpha value is -2.44. The monoisotopic (exact) mass is 294 g/mol. The second-order valence-corrected chi connectivity index (χ2v) is 4.45. The molecule has 0 aromatic carbocycles. The van der Waals surface area contributed by atoms with E-state index in [-0.39, 0.29) is 12.1 Å². The summed E-state index contributed by atoms with van der Waals surface area (Å²) in [4.78, 5) is 39.0. The lowest BCUT2D eigenvalue weighted by atomic mass is 9.98. The molecule has 0 fully saturated rings. The van der Waals surface area contributed by atoms with Gasteiger partial charge in [-0.1, -0.05) is 13.0 Å². The number of rotatable bonds is 6. The zero-order valence-electron chi connectivity index (χ0n) is 12.2. The van der Waals surface area contributed by atoms with E-state index >= 15 is 0 Å². The molecule has 7 heteroatoms. The van der Waals surface area contributed by atoms with Crippen LogP contribution < -0.4 is 5.32 Å². The SMILES string of the molecule is COC(=O)C[C@@H](C)[C@H](NC(=O)c1ccccn1)C(=O)OC. The van der Waals surface area contributed by atoms with E-state index in [1.807, 2.05) is 0 Å². The summed E-state index contributed by atoms with van der Waals surface area (Å²) in [5.74, 6) is -2.08. The summed E-state index contributed by atoms with van der Waals surface area (Å²) in [5, 5.41) is 2.53. The molecular weight excluding hydrogens is 276 g/mol. The summed E-state index contributed by atoms with van der Waals surface area (Å²) in [6.07, 6.45) is 1.46. The molecule has 1 N–H and O–H groups in total. The first-order valence-corrected chi connectivity index (χ1v) is 6.36. The highest BCUT2D eigenvalue weighted by Gasteiger charge is 2.30. The predicted octanol–water partition coefficient (Wildman–Crippen LogP) is 0.552. The van der Waals surface area contributed by atoms with Crippen molar-refractivity contribution < 1.29 is 23.9 Å². The van der Waals surface area contributed by atoms with Crippen LogP contribution in [-0.2, 0) is 19.1 Å². The van der Waals surface area contributed by atoms with Crippen LogP contribution in [-0.4, -0.2) is 43.1 Å². The molecule has 7 nitrogen and oxygen atoms in total. The molecule has 0 aliphatic heterocycles. The van der Waals surface area contributed by atoms with E-state index in [1.54, 1.807) is 19.1 Å². The van der Waals surface area contributed by atoms with Gasteiger partial charge in [-0.2, -0.15) is 0 Å². The number of hydrogen-bond donors (Lipinski definition) is 1. The van der Waals surface area contributed by atoms with Crippen LogP contribution in [0.15, 0.2) is 24.4 Å². The Balaban J connectivity index is 2.81. The molecule has 0 unspecified atom stereocenters. The maximum Gasteiger partial charge on any atom is 0.328 e. The number of carbonyl (C=O) groups is 3. The quantitative estimate of drug-likeness (QED) is 0.770. The summed E-state index contributed by atoms with van der Waals surface area (Å²) in [6.45, 7) is 1.65. The van der Waals surface area contributed by atoms with Crippen molar-refractivity contribution in [3.05, 3.63) is 30.1 Å². The Bertz CT molecular complexity index is 503. The number of ether oxygens (including phenoxy) is 2. The minimum absolute atomic E-state index is 0.0151. The second kappa shape index (κ2) is 7.98.